The Morgan fingerprint density at radius 1 is 1.35 bits per heavy atom. The molecule has 1 aliphatic rings. The predicted molar refractivity (Wildman–Crippen MR) is 89.2 cm³/mol. The number of rotatable bonds is 7. The number of nitrogens with zero attached hydrogens (tertiary/aromatic N) is 3. The summed E-state index contributed by atoms with van der Waals surface area (Å²) in [6, 6.07) is 7.47. The van der Waals surface area contributed by atoms with Crippen LogP contribution in [0.2, 0.25) is 5.02 Å². The van der Waals surface area contributed by atoms with E-state index in [1.54, 1.807) is 4.68 Å². The molecule has 1 amide bonds. The van der Waals surface area contributed by atoms with Crippen LogP contribution in [0.25, 0.3) is 5.69 Å². The van der Waals surface area contributed by atoms with E-state index in [1.807, 2.05) is 31.3 Å². The number of hydrogen-bond donors (Lipinski definition) is 2. The third-order valence-corrected chi connectivity index (χ3v) is 4.07. The van der Waals surface area contributed by atoms with Crippen molar-refractivity contribution in [3.8, 4) is 5.69 Å². The van der Waals surface area contributed by atoms with Crippen LogP contribution in [0.4, 0.5) is 0 Å². The Morgan fingerprint density at radius 2 is 2.13 bits per heavy atom. The molecule has 2 aromatic rings. The summed E-state index contributed by atoms with van der Waals surface area (Å²) in [5.74, 6) is 1.15. The highest BCUT2D eigenvalue weighted by Gasteiger charge is 2.31. The number of para-hydroxylation sites is 1. The molecule has 1 aliphatic carbocycles. The lowest BCUT2D eigenvalue weighted by Gasteiger charge is -2.06. The zero-order valence-electron chi connectivity index (χ0n) is 13.1. The van der Waals surface area contributed by atoms with E-state index < -0.39 is 0 Å². The van der Waals surface area contributed by atoms with Crippen molar-refractivity contribution >= 4 is 17.5 Å². The first-order valence-corrected chi connectivity index (χ1v) is 8.23. The first-order chi connectivity index (χ1) is 11.2. The molecule has 1 heterocycles. The zero-order chi connectivity index (χ0) is 16.2. The van der Waals surface area contributed by atoms with Crippen molar-refractivity contribution < 1.29 is 4.79 Å². The minimum absolute atomic E-state index is 0.205. The number of carbonyl (C=O) groups is 1. The Kier molecular flexibility index (Phi) is 4.93. The topological polar surface area (TPSA) is 71.8 Å². The van der Waals surface area contributed by atoms with Gasteiger partial charge in [0.05, 0.1) is 10.7 Å². The Labute approximate surface area is 140 Å². The molecule has 1 saturated carbocycles. The van der Waals surface area contributed by atoms with Crippen molar-refractivity contribution in [3.05, 3.63) is 40.9 Å². The molecule has 0 bridgehead atoms. The van der Waals surface area contributed by atoms with E-state index in [1.165, 1.54) is 0 Å². The number of halogens is 1. The third-order valence-electron chi connectivity index (χ3n) is 3.75. The minimum Gasteiger partial charge on any atom is -0.349 e. The number of nitrogens with one attached hydrogen (secondary N) is 2. The van der Waals surface area contributed by atoms with E-state index in [0.29, 0.717) is 17.5 Å². The van der Waals surface area contributed by atoms with Crippen molar-refractivity contribution in [2.24, 2.45) is 0 Å². The van der Waals surface area contributed by atoms with Crippen molar-refractivity contribution in [2.45, 2.75) is 25.2 Å². The number of amides is 1. The Bertz CT molecular complexity index is 696. The van der Waals surface area contributed by atoms with Gasteiger partial charge in [0.25, 0.3) is 5.91 Å². The summed E-state index contributed by atoms with van der Waals surface area (Å²) in [7, 11) is 1.89. The maximum absolute atomic E-state index is 12.2. The molecule has 1 fully saturated rings. The van der Waals surface area contributed by atoms with Crippen molar-refractivity contribution in [3.63, 3.8) is 0 Å². The van der Waals surface area contributed by atoms with Gasteiger partial charge < -0.3 is 10.6 Å². The molecule has 122 valence electrons. The Morgan fingerprint density at radius 3 is 2.83 bits per heavy atom. The van der Waals surface area contributed by atoms with Crippen molar-refractivity contribution in [1.82, 2.24) is 25.4 Å². The molecule has 0 atom stereocenters. The molecule has 0 unspecified atom stereocenters. The molecule has 6 nitrogen and oxygen atoms in total. The van der Waals surface area contributed by atoms with Gasteiger partial charge in [-0.1, -0.05) is 23.7 Å². The van der Waals surface area contributed by atoms with Gasteiger partial charge in [-0.15, -0.1) is 5.10 Å². The van der Waals surface area contributed by atoms with Gasteiger partial charge in [-0.05, 0) is 45.0 Å². The molecule has 3 rings (SSSR count). The van der Waals surface area contributed by atoms with Gasteiger partial charge in [0.2, 0.25) is 5.82 Å². The summed E-state index contributed by atoms with van der Waals surface area (Å²) >= 11 is 6.27. The fourth-order valence-corrected chi connectivity index (χ4v) is 2.59. The number of hydrogen-bond acceptors (Lipinski definition) is 4. The fourth-order valence-electron chi connectivity index (χ4n) is 2.37. The summed E-state index contributed by atoms with van der Waals surface area (Å²) in [5.41, 5.74) is 0.762. The standard InChI is InChI=1S/C16H20ClN5O/c1-18-9-4-10-19-16(23)14-20-15(11-7-8-11)22(21-14)13-6-3-2-5-12(13)17/h2-3,5-6,11,18H,4,7-10H2,1H3,(H,19,23). The lowest BCUT2D eigenvalue weighted by atomic mass is 10.3. The van der Waals surface area contributed by atoms with E-state index >= 15 is 0 Å². The second kappa shape index (κ2) is 7.10. The lowest BCUT2D eigenvalue weighted by molar-refractivity contribution is 0.0943. The minimum atomic E-state index is -0.242. The zero-order valence-corrected chi connectivity index (χ0v) is 13.8. The smallest absolute Gasteiger partial charge is 0.290 e. The molecule has 2 N–H and O–H groups in total. The highest BCUT2D eigenvalue weighted by molar-refractivity contribution is 6.32. The number of aromatic nitrogens is 3. The van der Waals surface area contributed by atoms with Crippen LogP contribution in [0.1, 0.15) is 41.6 Å². The highest BCUT2D eigenvalue weighted by Crippen LogP contribution is 2.40. The molecule has 7 heteroatoms. The van der Waals surface area contributed by atoms with Gasteiger partial charge in [0, 0.05) is 12.5 Å². The highest BCUT2D eigenvalue weighted by atomic mass is 35.5. The predicted octanol–water partition coefficient (Wildman–Crippen LogP) is 2.14. The average Bonchev–Trinajstić information content (AvgIpc) is 3.31. The average molecular weight is 334 g/mol. The van der Waals surface area contributed by atoms with Crippen molar-refractivity contribution in [1.29, 1.82) is 0 Å². The van der Waals surface area contributed by atoms with Crippen LogP contribution in [0.5, 0.6) is 0 Å². The first-order valence-electron chi connectivity index (χ1n) is 7.85. The van der Waals surface area contributed by atoms with E-state index in [4.69, 9.17) is 11.6 Å². The molecule has 0 radical (unpaired) electrons. The van der Waals surface area contributed by atoms with Crippen LogP contribution < -0.4 is 10.6 Å². The fraction of sp³-hybridized carbons (Fsp3) is 0.438. The van der Waals surface area contributed by atoms with E-state index in [2.05, 4.69) is 20.7 Å². The molecular formula is C16H20ClN5O. The SMILES string of the molecule is CNCCCNC(=O)c1nc(C2CC2)n(-c2ccccc2Cl)n1. The molecule has 1 aromatic carbocycles. The van der Waals surface area contributed by atoms with Crippen LogP contribution >= 0.6 is 11.6 Å². The van der Waals surface area contributed by atoms with E-state index in [0.717, 1.165) is 37.3 Å². The van der Waals surface area contributed by atoms with Gasteiger partial charge >= 0.3 is 0 Å². The lowest BCUT2D eigenvalue weighted by Crippen LogP contribution is -2.27. The van der Waals surface area contributed by atoms with Crippen LogP contribution in [0.3, 0.4) is 0 Å². The van der Waals surface area contributed by atoms with Crippen LogP contribution in [-0.4, -0.2) is 40.8 Å². The molecule has 1 aromatic heterocycles. The van der Waals surface area contributed by atoms with Gasteiger partial charge in [-0.25, -0.2) is 9.67 Å². The largest absolute Gasteiger partial charge is 0.349 e. The summed E-state index contributed by atoms with van der Waals surface area (Å²) in [5, 5.41) is 10.9. The Balaban J connectivity index is 1.82. The molecule has 23 heavy (non-hydrogen) atoms. The maximum atomic E-state index is 12.2. The quantitative estimate of drug-likeness (QED) is 0.761. The second-order valence-corrected chi connectivity index (χ2v) is 6.05. The molecular weight excluding hydrogens is 314 g/mol. The molecule has 0 aliphatic heterocycles. The number of benzene rings is 1. The van der Waals surface area contributed by atoms with Gasteiger partial charge in [0.1, 0.15) is 5.82 Å². The molecule has 0 saturated heterocycles. The van der Waals surface area contributed by atoms with Gasteiger partial charge in [-0.3, -0.25) is 4.79 Å². The van der Waals surface area contributed by atoms with Crippen LogP contribution in [-0.2, 0) is 0 Å². The van der Waals surface area contributed by atoms with Gasteiger partial charge in [-0.2, -0.15) is 0 Å². The van der Waals surface area contributed by atoms with Crippen LogP contribution in [0, 0.1) is 0 Å². The normalized spacial score (nSPS) is 14.0. The van der Waals surface area contributed by atoms with E-state index in [-0.39, 0.29) is 11.7 Å². The summed E-state index contributed by atoms with van der Waals surface area (Å²) in [6.07, 6.45) is 3.02. The summed E-state index contributed by atoms with van der Waals surface area (Å²) in [4.78, 5) is 16.7. The maximum Gasteiger partial charge on any atom is 0.290 e. The summed E-state index contributed by atoms with van der Waals surface area (Å²) < 4.78 is 1.71. The summed E-state index contributed by atoms with van der Waals surface area (Å²) in [6.45, 7) is 1.45. The number of carbonyl (C=O) groups excluding carboxylic acids is 1. The van der Waals surface area contributed by atoms with E-state index in [9.17, 15) is 4.79 Å². The first kappa shape index (κ1) is 16.0. The third kappa shape index (κ3) is 3.71. The van der Waals surface area contributed by atoms with Crippen molar-refractivity contribution in [2.75, 3.05) is 20.1 Å². The van der Waals surface area contributed by atoms with Crippen LogP contribution in [0.15, 0.2) is 24.3 Å². The Hall–Kier alpha value is -1.92. The van der Waals surface area contributed by atoms with Gasteiger partial charge in [0.15, 0.2) is 0 Å². The second-order valence-electron chi connectivity index (χ2n) is 5.64. The molecule has 0 spiro atoms. The monoisotopic (exact) mass is 333 g/mol.